The van der Waals surface area contributed by atoms with Crippen molar-refractivity contribution in [2.24, 2.45) is 0 Å². The Balaban J connectivity index is 2.69. The van der Waals surface area contributed by atoms with Gasteiger partial charge in [0.1, 0.15) is 11.9 Å². The van der Waals surface area contributed by atoms with Gasteiger partial charge < -0.3 is 4.74 Å². The normalized spacial score (nSPS) is 19.7. The average Bonchev–Trinajstić information content (AvgIpc) is 2.13. The Bertz CT molecular complexity index is 446. The van der Waals surface area contributed by atoms with E-state index in [9.17, 15) is 13.6 Å². The van der Waals surface area contributed by atoms with Crippen LogP contribution in [0.5, 0.6) is 5.75 Å². The smallest absolute Gasteiger partial charge is 0.173 e. The van der Waals surface area contributed by atoms with E-state index in [1.165, 1.54) is 0 Å². The SMILES string of the molecule is C[C@@H]1CC(=O)c2c(F)c(F)cc(Br)c2O1. The first-order chi connectivity index (χ1) is 7.00. The Morgan fingerprint density at radius 2 is 2.20 bits per heavy atom. The van der Waals surface area contributed by atoms with Gasteiger partial charge in [-0.25, -0.2) is 8.78 Å². The van der Waals surface area contributed by atoms with Crippen molar-refractivity contribution in [3.63, 3.8) is 0 Å². The van der Waals surface area contributed by atoms with Crippen molar-refractivity contribution in [3.8, 4) is 5.75 Å². The summed E-state index contributed by atoms with van der Waals surface area (Å²) in [4.78, 5) is 11.5. The van der Waals surface area contributed by atoms with Gasteiger partial charge in [-0.3, -0.25) is 4.79 Å². The number of hydrogen-bond acceptors (Lipinski definition) is 2. The van der Waals surface area contributed by atoms with E-state index in [0.29, 0.717) is 0 Å². The van der Waals surface area contributed by atoms with Crippen molar-refractivity contribution in [3.05, 3.63) is 27.7 Å². The first-order valence-corrected chi connectivity index (χ1v) is 5.17. The molecule has 0 amide bonds. The van der Waals surface area contributed by atoms with Gasteiger partial charge >= 0.3 is 0 Å². The maximum absolute atomic E-state index is 13.3. The Morgan fingerprint density at radius 1 is 1.53 bits per heavy atom. The molecule has 0 unspecified atom stereocenters. The molecule has 0 N–H and O–H groups in total. The number of carbonyl (C=O) groups excluding carboxylic acids is 1. The summed E-state index contributed by atoms with van der Waals surface area (Å²) in [5.74, 6) is -2.52. The number of benzene rings is 1. The minimum Gasteiger partial charge on any atom is -0.488 e. The van der Waals surface area contributed by atoms with Crippen molar-refractivity contribution < 1.29 is 18.3 Å². The molecule has 2 nitrogen and oxygen atoms in total. The molecule has 1 aliphatic rings. The van der Waals surface area contributed by atoms with E-state index in [1.807, 2.05) is 0 Å². The molecular weight excluding hydrogens is 270 g/mol. The van der Waals surface area contributed by atoms with Crippen LogP contribution in [0.25, 0.3) is 0 Å². The molecule has 0 aliphatic carbocycles. The van der Waals surface area contributed by atoms with Crippen LogP contribution in [0.2, 0.25) is 0 Å². The number of halogens is 3. The van der Waals surface area contributed by atoms with Crippen LogP contribution in [0.1, 0.15) is 23.7 Å². The molecule has 0 aromatic heterocycles. The highest BCUT2D eigenvalue weighted by Crippen LogP contribution is 2.37. The first kappa shape index (κ1) is 10.5. The molecule has 0 spiro atoms. The number of hydrogen-bond donors (Lipinski definition) is 0. The standard InChI is InChI=1S/C10H7BrF2O2/c1-4-2-7(14)8-9(13)6(12)3-5(11)10(8)15-4/h3-4H,2H2,1H3/t4-/m1/s1. The fourth-order valence-corrected chi connectivity index (χ4v) is 2.04. The van der Waals surface area contributed by atoms with Crippen molar-refractivity contribution in [2.75, 3.05) is 0 Å². The summed E-state index contributed by atoms with van der Waals surface area (Å²) in [7, 11) is 0. The number of ether oxygens (including phenoxy) is 1. The summed E-state index contributed by atoms with van der Waals surface area (Å²) in [6, 6.07) is 0.958. The van der Waals surface area contributed by atoms with Crippen LogP contribution in [-0.4, -0.2) is 11.9 Å². The minimum atomic E-state index is -1.13. The molecule has 1 aliphatic heterocycles. The number of Topliss-reactive ketones (excluding diaryl/α,β-unsaturated/α-hetero) is 1. The molecule has 1 aromatic carbocycles. The zero-order valence-corrected chi connectivity index (χ0v) is 9.40. The van der Waals surface area contributed by atoms with Gasteiger partial charge in [-0.15, -0.1) is 0 Å². The number of fused-ring (bicyclic) bond motifs is 1. The second-order valence-electron chi connectivity index (χ2n) is 3.41. The van der Waals surface area contributed by atoms with Crippen molar-refractivity contribution in [2.45, 2.75) is 19.4 Å². The molecule has 1 heterocycles. The Kier molecular flexibility index (Phi) is 2.50. The summed E-state index contributed by atoms with van der Waals surface area (Å²) in [5.41, 5.74) is -0.292. The van der Waals surface area contributed by atoms with Gasteiger partial charge in [-0.1, -0.05) is 0 Å². The molecule has 80 valence electrons. The molecule has 0 fully saturated rings. The average molecular weight is 277 g/mol. The summed E-state index contributed by atoms with van der Waals surface area (Å²) in [6.07, 6.45) is -0.244. The van der Waals surface area contributed by atoms with Gasteiger partial charge in [0.2, 0.25) is 0 Å². The van der Waals surface area contributed by atoms with Crippen LogP contribution in [0.15, 0.2) is 10.5 Å². The monoisotopic (exact) mass is 276 g/mol. The Labute approximate surface area is 93.4 Å². The van der Waals surface area contributed by atoms with E-state index in [4.69, 9.17) is 4.74 Å². The van der Waals surface area contributed by atoms with Gasteiger partial charge in [-0.05, 0) is 28.9 Å². The third-order valence-corrected chi connectivity index (χ3v) is 2.79. The fraction of sp³-hybridized carbons (Fsp3) is 0.300. The second kappa shape index (κ2) is 3.56. The van der Waals surface area contributed by atoms with E-state index in [0.717, 1.165) is 6.07 Å². The van der Waals surface area contributed by atoms with Crippen molar-refractivity contribution >= 4 is 21.7 Å². The maximum atomic E-state index is 13.3. The molecule has 0 bridgehead atoms. The van der Waals surface area contributed by atoms with Gasteiger partial charge in [0.15, 0.2) is 17.4 Å². The lowest BCUT2D eigenvalue weighted by Gasteiger charge is -2.23. The molecule has 2 rings (SSSR count). The highest BCUT2D eigenvalue weighted by Gasteiger charge is 2.30. The van der Waals surface area contributed by atoms with E-state index >= 15 is 0 Å². The minimum absolute atomic E-state index is 0.0693. The Morgan fingerprint density at radius 3 is 2.87 bits per heavy atom. The largest absolute Gasteiger partial charge is 0.488 e. The molecule has 0 saturated carbocycles. The highest BCUT2D eigenvalue weighted by atomic mass is 79.9. The van der Waals surface area contributed by atoms with Crippen molar-refractivity contribution in [1.29, 1.82) is 0 Å². The van der Waals surface area contributed by atoms with Gasteiger partial charge in [-0.2, -0.15) is 0 Å². The van der Waals surface area contributed by atoms with Crippen LogP contribution in [0.4, 0.5) is 8.78 Å². The van der Waals surface area contributed by atoms with Crippen LogP contribution >= 0.6 is 15.9 Å². The molecule has 15 heavy (non-hydrogen) atoms. The first-order valence-electron chi connectivity index (χ1n) is 4.38. The molecule has 1 atom stereocenters. The zero-order chi connectivity index (χ0) is 11.2. The summed E-state index contributed by atoms with van der Waals surface area (Å²) in [6.45, 7) is 1.70. The molecule has 5 heteroatoms. The van der Waals surface area contributed by atoms with Crippen LogP contribution < -0.4 is 4.74 Å². The third kappa shape index (κ3) is 1.65. The van der Waals surface area contributed by atoms with Gasteiger partial charge in [0.05, 0.1) is 10.0 Å². The zero-order valence-electron chi connectivity index (χ0n) is 7.81. The predicted molar refractivity (Wildman–Crippen MR) is 53.1 cm³/mol. The molecule has 1 aromatic rings. The van der Waals surface area contributed by atoms with Gasteiger partial charge in [0, 0.05) is 6.42 Å². The highest BCUT2D eigenvalue weighted by molar-refractivity contribution is 9.10. The lowest BCUT2D eigenvalue weighted by Crippen LogP contribution is -2.25. The van der Waals surface area contributed by atoms with Gasteiger partial charge in [0.25, 0.3) is 0 Å². The number of rotatable bonds is 0. The van der Waals surface area contributed by atoms with E-state index in [-0.39, 0.29) is 28.3 Å². The Hall–Kier alpha value is -0.970. The molecule has 0 radical (unpaired) electrons. The third-order valence-electron chi connectivity index (χ3n) is 2.20. The predicted octanol–water partition coefficient (Wildman–Crippen LogP) is 3.08. The lowest BCUT2D eigenvalue weighted by atomic mass is 10.0. The fourth-order valence-electron chi connectivity index (χ4n) is 1.55. The number of ketones is 1. The van der Waals surface area contributed by atoms with E-state index < -0.39 is 17.4 Å². The van der Waals surface area contributed by atoms with Crippen LogP contribution in [0.3, 0.4) is 0 Å². The van der Waals surface area contributed by atoms with Crippen LogP contribution in [-0.2, 0) is 0 Å². The van der Waals surface area contributed by atoms with E-state index in [1.54, 1.807) is 6.92 Å². The lowest BCUT2D eigenvalue weighted by molar-refractivity contribution is 0.0860. The summed E-state index contributed by atoms with van der Waals surface area (Å²) >= 11 is 3.04. The summed E-state index contributed by atoms with van der Waals surface area (Å²) < 4.78 is 31.9. The quantitative estimate of drug-likeness (QED) is 0.681. The topological polar surface area (TPSA) is 26.3 Å². The van der Waals surface area contributed by atoms with Crippen molar-refractivity contribution in [1.82, 2.24) is 0 Å². The molecule has 0 saturated heterocycles. The number of carbonyl (C=O) groups is 1. The van der Waals surface area contributed by atoms with Crippen LogP contribution in [0, 0.1) is 11.6 Å². The maximum Gasteiger partial charge on any atom is 0.173 e. The van der Waals surface area contributed by atoms with E-state index in [2.05, 4.69) is 15.9 Å². The second-order valence-corrected chi connectivity index (χ2v) is 4.27. The molecular formula is C10H7BrF2O2. The summed E-state index contributed by atoms with van der Waals surface area (Å²) in [5, 5.41) is 0.